The molecule has 0 atom stereocenters. The van der Waals surface area contributed by atoms with Crippen LogP contribution in [0.15, 0.2) is 11.8 Å². The van der Waals surface area contributed by atoms with Gasteiger partial charge in [-0.2, -0.15) is 5.26 Å². The van der Waals surface area contributed by atoms with E-state index in [-0.39, 0.29) is 0 Å². The largest absolute Gasteiger partial charge is 0.486 e. The van der Waals surface area contributed by atoms with Crippen molar-refractivity contribution in [1.82, 2.24) is 0 Å². The predicted molar refractivity (Wildman–Crippen MR) is 33.0 cm³/mol. The number of hydrogen-bond donors (Lipinski definition) is 1. The zero-order valence-electron chi connectivity index (χ0n) is 5.50. The molecule has 1 N–H and O–H groups in total. The molecule has 0 heterocycles. The molecule has 0 aromatic carbocycles. The van der Waals surface area contributed by atoms with Crippen LogP contribution in [0, 0.1) is 11.3 Å². The number of carboxylic acid groups (broad SMARTS) is 1. The van der Waals surface area contributed by atoms with Crippen LogP contribution in [0.4, 0.5) is 0 Å². The summed E-state index contributed by atoms with van der Waals surface area (Å²) in [6, 6.07) is 1.71. The SMILES string of the molecule is C/C(=C/C#N)OCC(=O)O. The van der Waals surface area contributed by atoms with Crippen LogP contribution in [0.25, 0.3) is 0 Å². The van der Waals surface area contributed by atoms with Crippen LogP contribution in [-0.4, -0.2) is 17.7 Å². The van der Waals surface area contributed by atoms with Crippen molar-refractivity contribution in [3.8, 4) is 6.07 Å². The van der Waals surface area contributed by atoms with Crippen LogP contribution in [0.3, 0.4) is 0 Å². The standard InChI is InChI=1S/C6H7NO3/c1-5(2-3-7)10-4-6(8)9/h2H,4H2,1H3,(H,8,9)/b5-2-. The van der Waals surface area contributed by atoms with Crippen molar-refractivity contribution >= 4 is 5.97 Å². The molecule has 0 aromatic heterocycles. The summed E-state index contributed by atoms with van der Waals surface area (Å²) in [6.07, 6.45) is 1.14. The second-order valence-electron chi connectivity index (χ2n) is 1.57. The van der Waals surface area contributed by atoms with E-state index < -0.39 is 12.6 Å². The summed E-state index contributed by atoms with van der Waals surface area (Å²) < 4.78 is 4.58. The molecule has 0 amide bonds. The van der Waals surface area contributed by atoms with Gasteiger partial charge in [-0.1, -0.05) is 0 Å². The van der Waals surface area contributed by atoms with Crippen molar-refractivity contribution in [2.24, 2.45) is 0 Å². The van der Waals surface area contributed by atoms with Crippen LogP contribution in [-0.2, 0) is 9.53 Å². The Bertz CT molecular complexity index is 190. The van der Waals surface area contributed by atoms with Crippen LogP contribution in [0.1, 0.15) is 6.92 Å². The summed E-state index contributed by atoms with van der Waals surface area (Å²) in [7, 11) is 0. The third kappa shape index (κ3) is 4.65. The Morgan fingerprint density at radius 1 is 1.90 bits per heavy atom. The topological polar surface area (TPSA) is 70.3 Å². The predicted octanol–water partition coefficient (Wildman–Crippen LogP) is 0.515. The maximum atomic E-state index is 9.87. The van der Waals surface area contributed by atoms with Gasteiger partial charge in [-0.05, 0) is 6.92 Å². The Morgan fingerprint density at radius 3 is 2.90 bits per heavy atom. The minimum Gasteiger partial charge on any atom is -0.486 e. The van der Waals surface area contributed by atoms with Crippen molar-refractivity contribution in [3.63, 3.8) is 0 Å². The molecule has 0 fully saturated rings. The molecule has 0 aliphatic carbocycles. The first kappa shape index (κ1) is 8.50. The lowest BCUT2D eigenvalue weighted by molar-refractivity contribution is -0.140. The fourth-order valence-corrected chi connectivity index (χ4v) is 0.308. The van der Waals surface area contributed by atoms with Crippen molar-refractivity contribution < 1.29 is 14.6 Å². The van der Waals surface area contributed by atoms with E-state index in [2.05, 4.69) is 4.74 Å². The lowest BCUT2D eigenvalue weighted by atomic mass is 10.5. The maximum Gasteiger partial charge on any atom is 0.341 e. The van der Waals surface area contributed by atoms with E-state index in [9.17, 15) is 4.79 Å². The first-order chi connectivity index (χ1) is 4.66. The summed E-state index contributed by atoms with van der Waals surface area (Å²) in [5.74, 6) is -0.740. The molecular weight excluding hydrogens is 134 g/mol. The number of aliphatic carboxylic acids is 1. The highest BCUT2D eigenvalue weighted by molar-refractivity contribution is 5.68. The summed E-state index contributed by atoms with van der Waals surface area (Å²) in [4.78, 5) is 9.87. The highest BCUT2D eigenvalue weighted by atomic mass is 16.5. The van der Waals surface area contributed by atoms with Crippen LogP contribution in [0.2, 0.25) is 0 Å². The molecule has 0 unspecified atom stereocenters. The zero-order valence-corrected chi connectivity index (χ0v) is 5.50. The quantitative estimate of drug-likeness (QED) is 0.459. The number of carbonyl (C=O) groups is 1. The fraction of sp³-hybridized carbons (Fsp3) is 0.333. The van der Waals surface area contributed by atoms with Crippen molar-refractivity contribution in [2.75, 3.05) is 6.61 Å². The van der Waals surface area contributed by atoms with Crippen molar-refractivity contribution in [1.29, 1.82) is 5.26 Å². The lowest BCUT2D eigenvalue weighted by Crippen LogP contribution is -2.05. The molecule has 4 nitrogen and oxygen atoms in total. The summed E-state index contributed by atoms with van der Waals surface area (Å²) in [5, 5.41) is 16.1. The van der Waals surface area contributed by atoms with E-state index in [1.807, 2.05) is 0 Å². The van der Waals surface area contributed by atoms with E-state index in [0.717, 1.165) is 6.08 Å². The lowest BCUT2D eigenvalue weighted by Gasteiger charge is -1.98. The summed E-state index contributed by atoms with van der Waals surface area (Å²) in [6.45, 7) is 1.12. The van der Waals surface area contributed by atoms with Crippen LogP contribution in [0.5, 0.6) is 0 Å². The third-order valence-electron chi connectivity index (χ3n) is 0.691. The Labute approximate surface area is 58.3 Å². The van der Waals surface area contributed by atoms with E-state index in [4.69, 9.17) is 10.4 Å². The Kier molecular flexibility index (Phi) is 3.73. The van der Waals surface area contributed by atoms with E-state index in [1.54, 1.807) is 6.07 Å². The van der Waals surface area contributed by atoms with Gasteiger partial charge in [0.25, 0.3) is 0 Å². The van der Waals surface area contributed by atoms with Gasteiger partial charge >= 0.3 is 5.97 Å². The molecule has 0 aliphatic rings. The summed E-state index contributed by atoms with van der Waals surface area (Å²) in [5.41, 5.74) is 0. The maximum absolute atomic E-state index is 9.87. The molecule has 0 spiro atoms. The molecule has 0 bridgehead atoms. The molecule has 0 saturated carbocycles. The minimum absolute atomic E-state index is 0.310. The third-order valence-corrected chi connectivity index (χ3v) is 0.691. The second kappa shape index (κ2) is 4.39. The van der Waals surface area contributed by atoms with Gasteiger partial charge in [-0.25, -0.2) is 4.79 Å². The Hall–Kier alpha value is -1.50. The number of carboxylic acids is 1. The number of nitrogens with zero attached hydrogens (tertiary/aromatic N) is 1. The molecule has 0 rings (SSSR count). The number of allylic oxidation sites excluding steroid dienone is 2. The number of hydrogen-bond acceptors (Lipinski definition) is 3. The molecular formula is C6H7NO3. The smallest absolute Gasteiger partial charge is 0.341 e. The molecule has 0 aromatic rings. The molecule has 4 heteroatoms. The van der Waals surface area contributed by atoms with Gasteiger partial charge in [-0.15, -0.1) is 0 Å². The molecule has 0 aliphatic heterocycles. The van der Waals surface area contributed by atoms with Gasteiger partial charge in [0.05, 0.1) is 12.1 Å². The number of rotatable bonds is 3. The van der Waals surface area contributed by atoms with Crippen LogP contribution >= 0.6 is 0 Å². The van der Waals surface area contributed by atoms with Gasteiger partial charge in [0, 0.05) is 0 Å². The molecule has 10 heavy (non-hydrogen) atoms. The van der Waals surface area contributed by atoms with Gasteiger partial charge in [0.1, 0.15) is 5.76 Å². The zero-order chi connectivity index (χ0) is 7.98. The minimum atomic E-state index is -1.05. The monoisotopic (exact) mass is 141 g/mol. The molecule has 0 radical (unpaired) electrons. The van der Waals surface area contributed by atoms with E-state index in [1.165, 1.54) is 6.92 Å². The van der Waals surface area contributed by atoms with Gasteiger partial charge in [0.2, 0.25) is 0 Å². The molecule has 54 valence electrons. The first-order valence-electron chi connectivity index (χ1n) is 2.58. The van der Waals surface area contributed by atoms with Gasteiger partial charge in [0.15, 0.2) is 6.61 Å². The van der Waals surface area contributed by atoms with E-state index >= 15 is 0 Å². The Morgan fingerprint density at radius 2 is 2.50 bits per heavy atom. The van der Waals surface area contributed by atoms with E-state index in [0.29, 0.717) is 5.76 Å². The van der Waals surface area contributed by atoms with Gasteiger partial charge in [-0.3, -0.25) is 0 Å². The highest BCUT2D eigenvalue weighted by Crippen LogP contribution is 1.92. The second-order valence-corrected chi connectivity index (χ2v) is 1.57. The normalized spacial score (nSPS) is 10.2. The van der Waals surface area contributed by atoms with Crippen LogP contribution < -0.4 is 0 Å². The molecule has 0 saturated heterocycles. The van der Waals surface area contributed by atoms with Crippen molar-refractivity contribution in [2.45, 2.75) is 6.92 Å². The van der Waals surface area contributed by atoms with Crippen molar-refractivity contribution in [3.05, 3.63) is 11.8 Å². The average molecular weight is 141 g/mol. The van der Waals surface area contributed by atoms with Gasteiger partial charge < -0.3 is 9.84 Å². The number of ether oxygens (including phenoxy) is 1. The number of nitriles is 1. The summed E-state index contributed by atoms with van der Waals surface area (Å²) >= 11 is 0. The highest BCUT2D eigenvalue weighted by Gasteiger charge is 1.95. The Balaban J connectivity index is 3.62. The fourth-order valence-electron chi connectivity index (χ4n) is 0.308. The average Bonchev–Trinajstić information content (AvgIpc) is 1.85. The first-order valence-corrected chi connectivity index (χ1v) is 2.58.